The van der Waals surface area contributed by atoms with Crippen molar-refractivity contribution in [3.8, 4) is 0 Å². The molecular formula is C11H17N5OS. The Morgan fingerprint density at radius 2 is 2.33 bits per heavy atom. The van der Waals surface area contributed by atoms with Crippen molar-refractivity contribution in [2.45, 2.75) is 24.8 Å². The second-order valence-corrected chi connectivity index (χ2v) is 4.89. The van der Waals surface area contributed by atoms with Crippen LogP contribution in [0, 0.1) is 0 Å². The van der Waals surface area contributed by atoms with Gasteiger partial charge >= 0.3 is 0 Å². The number of hydrogen-bond acceptors (Lipinski definition) is 6. The van der Waals surface area contributed by atoms with Crippen LogP contribution >= 0.6 is 11.8 Å². The van der Waals surface area contributed by atoms with E-state index in [1.165, 1.54) is 0 Å². The molecule has 6 nitrogen and oxygen atoms in total. The fraction of sp³-hybridized carbons (Fsp3) is 0.545. The molecule has 0 bridgehead atoms. The lowest BCUT2D eigenvalue weighted by Crippen LogP contribution is -2.05. The van der Waals surface area contributed by atoms with E-state index >= 15 is 0 Å². The molecule has 2 heterocycles. The maximum Gasteiger partial charge on any atom is 0.225 e. The molecule has 0 saturated heterocycles. The molecule has 18 heavy (non-hydrogen) atoms. The standard InChI is InChI=1S/C11H17N5OS/c1-2-4-12-11-15-9-8(13-7-14-9)10(16-11)18-6-3-5-17/h7,17H,2-6H2,1H3,(H2,12,13,14,15,16). The Balaban J connectivity index is 2.21. The van der Waals surface area contributed by atoms with E-state index in [-0.39, 0.29) is 6.61 Å². The van der Waals surface area contributed by atoms with Crippen LogP contribution < -0.4 is 5.32 Å². The molecule has 0 aliphatic heterocycles. The first-order valence-electron chi connectivity index (χ1n) is 6.03. The van der Waals surface area contributed by atoms with Gasteiger partial charge in [-0.3, -0.25) is 0 Å². The number of H-pyrrole nitrogens is 1. The van der Waals surface area contributed by atoms with Crippen molar-refractivity contribution in [3.05, 3.63) is 6.33 Å². The summed E-state index contributed by atoms with van der Waals surface area (Å²) in [6.07, 6.45) is 3.40. The molecule has 0 atom stereocenters. The molecule has 0 amide bonds. The summed E-state index contributed by atoms with van der Waals surface area (Å²) in [5.74, 6) is 1.44. The quantitative estimate of drug-likeness (QED) is 0.402. The van der Waals surface area contributed by atoms with Crippen molar-refractivity contribution >= 4 is 28.9 Å². The van der Waals surface area contributed by atoms with Crippen molar-refractivity contribution in [1.29, 1.82) is 0 Å². The van der Waals surface area contributed by atoms with Crippen molar-refractivity contribution in [3.63, 3.8) is 0 Å². The number of thioether (sulfide) groups is 1. The normalized spacial score (nSPS) is 11.0. The van der Waals surface area contributed by atoms with Crippen LogP contribution in [0.3, 0.4) is 0 Å². The van der Waals surface area contributed by atoms with Crippen LogP contribution in [0.1, 0.15) is 19.8 Å². The lowest BCUT2D eigenvalue weighted by atomic mass is 10.5. The van der Waals surface area contributed by atoms with Gasteiger partial charge in [0, 0.05) is 18.9 Å². The Kier molecular flexibility index (Phi) is 4.77. The average Bonchev–Trinajstić information content (AvgIpc) is 2.85. The first-order chi connectivity index (χ1) is 8.85. The zero-order chi connectivity index (χ0) is 12.8. The summed E-state index contributed by atoms with van der Waals surface area (Å²) in [5, 5.41) is 12.9. The molecule has 2 aromatic heterocycles. The van der Waals surface area contributed by atoms with E-state index < -0.39 is 0 Å². The van der Waals surface area contributed by atoms with Gasteiger partial charge in [-0.1, -0.05) is 6.92 Å². The summed E-state index contributed by atoms with van der Waals surface area (Å²) in [4.78, 5) is 16.0. The van der Waals surface area contributed by atoms with Crippen molar-refractivity contribution in [2.75, 3.05) is 24.2 Å². The Morgan fingerprint density at radius 3 is 3.11 bits per heavy atom. The topological polar surface area (TPSA) is 86.7 Å². The monoisotopic (exact) mass is 267 g/mol. The SMILES string of the molecule is CCCNc1nc(SCCCO)c2[nH]cnc2n1. The molecule has 0 unspecified atom stereocenters. The Hall–Kier alpha value is -1.34. The van der Waals surface area contributed by atoms with Gasteiger partial charge in [0.15, 0.2) is 5.65 Å². The van der Waals surface area contributed by atoms with Crippen LogP contribution in [-0.4, -0.2) is 43.9 Å². The first kappa shape index (κ1) is 13.1. The molecule has 0 radical (unpaired) electrons. The highest BCUT2D eigenvalue weighted by Crippen LogP contribution is 2.24. The number of fused-ring (bicyclic) bond motifs is 1. The van der Waals surface area contributed by atoms with Crippen LogP contribution in [0.4, 0.5) is 5.95 Å². The second-order valence-electron chi connectivity index (χ2n) is 3.81. The van der Waals surface area contributed by atoms with E-state index in [4.69, 9.17) is 5.11 Å². The second kappa shape index (κ2) is 6.55. The summed E-state index contributed by atoms with van der Waals surface area (Å²) in [5.41, 5.74) is 1.54. The van der Waals surface area contributed by atoms with Gasteiger partial charge in [0.1, 0.15) is 10.5 Å². The van der Waals surface area contributed by atoms with E-state index in [9.17, 15) is 0 Å². The number of aromatic amines is 1. The minimum absolute atomic E-state index is 0.200. The number of hydrogen-bond donors (Lipinski definition) is 3. The van der Waals surface area contributed by atoms with Crippen LogP contribution in [0.2, 0.25) is 0 Å². The van der Waals surface area contributed by atoms with Crippen molar-refractivity contribution in [2.24, 2.45) is 0 Å². The smallest absolute Gasteiger partial charge is 0.225 e. The minimum atomic E-state index is 0.200. The number of aliphatic hydroxyl groups excluding tert-OH is 1. The third-order valence-electron chi connectivity index (χ3n) is 2.33. The van der Waals surface area contributed by atoms with E-state index in [1.807, 2.05) is 0 Å². The summed E-state index contributed by atoms with van der Waals surface area (Å²) in [6, 6.07) is 0. The fourth-order valence-electron chi connectivity index (χ4n) is 1.46. The highest BCUT2D eigenvalue weighted by molar-refractivity contribution is 7.99. The summed E-state index contributed by atoms with van der Waals surface area (Å²) >= 11 is 1.60. The van der Waals surface area contributed by atoms with Gasteiger partial charge in [-0.05, 0) is 12.8 Å². The first-order valence-corrected chi connectivity index (χ1v) is 7.02. The number of rotatable bonds is 7. The Labute approximate surface area is 110 Å². The summed E-state index contributed by atoms with van der Waals surface area (Å²) < 4.78 is 0. The summed E-state index contributed by atoms with van der Waals surface area (Å²) in [6.45, 7) is 3.14. The predicted octanol–water partition coefficient (Wildman–Crippen LogP) is 1.65. The van der Waals surface area contributed by atoms with Crippen molar-refractivity contribution in [1.82, 2.24) is 19.9 Å². The molecular weight excluding hydrogens is 250 g/mol. The molecule has 98 valence electrons. The van der Waals surface area contributed by atoms with E-state index in [2.05, 4.69) is 32.2 Å². The number of nitrogens with one attached hydrogen (secondary N) is 2. The molecule has 2 aromatic rings. The molecule has 0 aliphatic carbocycles. The fourth-order valence-corrected chi connectivity index (χ4v) is 2.37. The lowest BCUT2D eigenvalue weighted by molar-refractivity contribution is 0.296. The lowest BCUT2D eigenvalue weighted by Gasteiger charge is -2.06. The minimum Gasteiger partial charge on any atom is -0.396 e. The van der Waals surface area contributed by atoms with Gasteiger partial charge in [0.2, 0.25) is 5.95 Å². The predicted molar refractivity (Wildman–Crippen MR) is 72.9 cm³/mol. The van der Waals surface area contributed by atoms with Gasteiger partial charge in [-0.2, -0.15) is 4.98 Å². The van der Waals surface area contributed by atoms with Gasteiger partial charge in [0.05, 0.1) is 6.33 Å². The largest absolute Gasteiger partial charge is 0.396 e. The van der Waals surface area contributed by atoms with Gasteiger partial charge in [-0.25, -0.2) is 9.97 Å². The van der Waals surface area contributed by atoms with Crippen LogP contribution in [0.15, 0.2) is 11.4 Å². The third kappa shape index (κ3) is 3.11. The van der Waals surface area contributed by atoms with E-state index in [0.29, 0.717) is 11.6 Å². The molecule has 0 spiro atoms. The molecule has 2 rings (SSSR count). The molecule has 0 fully saturated rings. The highest BCUT2D eigenvalue weighted by Gasteiger charge is 2.09. The average molecular weight is 267 g/mol. The number of anilines is 1. The summed E-state index contributed by atoms with van der Waals surface area (Å²) in [7, 11) is 0. The number of imidazole rings is 1. The number of aliphatic hydroxyl groups is 1. The van der Waals surface area contributed by atoms with E-state index in [1.54, 1.807) is 18.1 Å². The van der Waals surface area contributed by atoms with Crippen LogP contribution in [0.25, 0.3) is 11.2 Å². The molecule has 0 saturated carbocycles. The third-order valence-corrected chi connectivity index (χ3v) is 3.39. The van der Waals surface area contributed by atoms with Gasteiger partial charge in [0.25, 0.3) is 0 Å². The molecule has 0 aliphatic rings. The maximum atomic E-state index is 8.81. The Morgan fingerprint density at radius 1 is 1.44 bits per heavy atom. The van der Waals surface area contributed by atoms with Gasteiger partial charge < -0.3 is 15.4 Å². The zero-order valence-corrected chi connectivity index (χ0v) is 11.1. The maximum absolute atomic E-state index is 8.81. The molecule has 7 heteroatoms. The van der Waals surface area contributed by atoms with Crippen LogP contribution in [-0.2, 0) is 0 Å². The van der Waals surface area contributed by atoms with Gasteiger partial charge in [-0.15, -0.1) is 11.8 Å². The molecule has 0 aromatic carbocycles. The zero-order valence-electron chi connectivity index (χ0n) is 10.3. The van der Waals surface area contributed by atoms with Crippen molar-refractivity contribution < 1.29 is 5.11 Å². The van der Waals surface area contributed by atoms with Crippen LogP contribution in [0.5, 0.6) is 0 Å². The van der Waals surface area contributed by atoms with E-state index in [0.717, 1.165) is 35.7 Å². The highest BCUT2D eigenvalue weighted by atomic mass is 32.2. The molecule has 3 N–H and O–H groups in total. The number of aromatic nitrogens is 4. The number of nitrogens with zero attached hydrogens (tertiary/aromatic N) is 3. The Bertz CT molecular complexity index is 501.